The van der Waals surface area contributed by atoms with Gasteiger partial charge < -0.3 is 4.74 Å². The summed E-state index contributed by atoms with van der Waals surface area (Å²) in [5.74, 6) is 0. The summed E-state index contributed by atoms with van der Waals surface area (Å²) in [6.07, 6.45) is 2.73. The van der Waals surface area contributed by atoms with E-state index in [1.165, 1.54) is 18.4 Å². The van der Waals surface area contributed by atoms with Crippen LogP contribution >= 0.6 is 15.9 Å². The molecule has 1 aliphatic rings. The first kappa shape index (κ1) is 9.22. The molecule has 1 saturated heterocycles. The Labute approximate surface area is 87.2 Å². The second-order valence-corrected chi connectivity index (χ2v) is 4.35. The maximum atomic E-state index is 5.62. The normalized spacial score (nSPS) is 24.5. The van der Waals surface area contributed by atoms with Gasteiger partial charge in [-0.3, -0.25) is 0 Å². The maximum Gasteiger partial charge on any atom is 0.0741 e. The Balaban J connectivity index is 2.08. The highest BCUT2D eigenvalue weighted by molar-refractivity contribution is 9.09. The van der Waals surface area contributed by atoms with Gasteiger partial charge in [0.25, 0.3) is 0 Å². The largest absolute Gasteiger partial charge is 0.377 e. The molecule has 2 heteroatoms. The monoisotopic (exact) mass is 240 g/mol. The quantitative estimate of drug-likeness (QED) is 0.722. The lowest BCUT2D eigenvalue weighted by Crippen LogP contribution is -2.11. The highest BCUT2D eigenvalue weighted by atomic mass is 79.9. The molecule has 0 bridgehead atoms. The summed E-state index contributed by atoms with van der Waals surface area (Å²) >= 11 is 3.69. The Morgan fingerprint density at radius 3 is 2.69 bits per heavy atom. The third kappa shape index (κ3) is 2.12. The SMILES string of the molecule is Br[C@H](c1ccccc1)[C@H]1CCCO1. The molecule has 1 nitrogen and oxygen atoms in total. The maximum absolute atomic E-state index is 5.62. The van der Waals surface area contributed by atoms with Crippen LogP contribution in [0.15, 0.2) is 30.3 Å². The molecule has 0 aliphatic carbocycles. The summed E-state index contributed by atoms with van der Waals surface area (Å²) in [7, 11) is 0. The van der Waals surface area contributed by atoms with E-state index in [1.54, 1.807) is 0 Å². The van der Waals surface area contributed by atoms with Gasteiger partial charge >= 0.3 is 0 Å². The first-order chi connectivity index (χ1) is 6.38. The van der Waals surface area contributed by atoms with Gasteiger partial charge in [0, 0.05) is 6.61 Å². The predicted molar refractivity (Wildman–Crippen MR) is 57.1 cm³/mol. The van der Waals surface area contributed by atoms with Crippen LogP contribution < -0.4 is 0 Å². The van der Waals surface area contributed by atoms with Crippen molar-refractivity contribution in [2.75, 3.05) is 6.61 Å². The fraction of sp³-hybridized carbons (Fsp3) is 0.455. The van der Waals surface area contributed by atoms with Crippen molar-refractivity contribution < 1.29 is 4.74 Å². The lowest BCUT2D eigenvalue weighted by molar-refractivity contribution is 0.110. The Kier molecular flexibility index (Phi) is 3.01. The Hall–Kier alpha value is -0.340. The minimum Gasteiger partial charge on any atom is -0.377 e. The van der Waals surface area contributed by atoms with Crippen molar-refractivity contribution in [2.24, 2.45) is 0 Å². The minimum atomic E-state index is 0.358. The van der Waals surface area contributed by atoms with Gasteiger partial charge in [0.05, 0.1) is 10.9 Å². The third-order valence-electron chi connectivity index (χ3n) is 2.41. The molecular formula is C11H13BrO. The molecule has 0 radical (unpaired) electrons. The van der Waals surface area contributed by atoms with E-state index in [2.05, 4.69) is 40.2 Å². The first-order valence-corrected chi connectivity index (χ1v) is 5.60. The second kappa shape index (κ2) is 4.25. The van der Waals surface area contributed by atoms with Crippen molar-refractivity contribution in [3.63, 3.8) is 0 Å². The van der Waals surface area contributed by atoms with Crippen LogP contribution in [-0.2, 0) is 4.74 Å². The number of halogens is 1. The zero-order valence-electron chi connectivity index (χ0n) is 7.45. The standard InChI is InChI=1S/C11H13BrO/c12-11(10-7-4-8-13-10)9-5-2-1-3-6-9/h1-3,5-6,10-11H,4,7-8H2/t10-,11-/m1/s1. The minimum absolute atomic E-state index is 0.358. The molecule has 13 heavy (non-hydrogen) atoms. The molecule has 2 rings (SSSR count). The van der Waals surface area contributed by atoms with E-state index in [9.17, 15) is 0 Å². The number of hydrogen-bond acceptors (Lipinski definition) is 1. The summed E-state index contributed by atoms with van der Waals surface area (Å²) in [6, 6.07) is 10.5. The summed E-state index contributed by atoms with van der Waals surface area (Å²) in [5, 5.41) is 0. The molecule has 0 amide bonds. The average Bonchev–Trinajstić information content (AvgIpc) is 2.71. The van der Waals surface area contributed by atoms with E-state index in [0.717, 1.165) is 6.61 Å². The molecule has 0 spiro atoms. The van der Waals surface area contributed by atoms with Crippen molar-refractivity contribution in [1.82, 2.24) is 0 Å². The topological polar surface area (TPSA) is 9.23 Å². The van der Waals surface area contributed by atoms with Crippen molar-refractivity contribution >= 4 is 15.9 Å². The first-order valence-electron chi connectivity index (χ1n) is 4.68. The molecule has 2 atom stereocenters. The Morgan fingerprint density at radius 1 is 1.31 bits per heavy atom. The van der Waals surface area contributed by atoms with Gasteiger partial charge in [0.1, 0.15) is 0 Å². The smallest absolute Gasteiger partial charge is 0.0741 e. The van der Waals surface area contributed by atoms with Gasteiger partial charge in [-0.1, -0.05) is 46.3 Å². The number of hydrogen-bond donors (Lipinski definition) is 0. The zero-order valence-corrected chi connectivity index (χ0v) is 9.03. The van der Waals surface area contributed by atoms with Crippen molar-refractivity contribution in [3.05, 3.63) is 35.9 Å². The van der Waals surface area contributed by atoms with E-state index in [-0.39, 0.29) is 0 Å². The van der Waals surface area contributed by atoms with Gasteiger partial charge in [0.2, 0.25) is 0 Å². The predicted octanol–water partition coefficient (Wildman–Crippen LogP) is 3.30. The van der Waals surface area contributed by atoms with Gasteiger partial charge in [-0.25, -0.2) is 0 Å². The van der Waals surface area contributed by atoms with Gasteiger partial charge in [-0.05, 0) is 18.4 Å². The fourth-order valence-corrected chi connectivity index (χ4v) is 2.41. The molecule has 70 valence electrons. The number of rotatable bonds is 2. The van der Waals surface area contributed by atoms with Crippen molar-refractivity contribution in [1.29, 1.82) is 0 Å². The zero-order chi connectivity index (χ0) is 9.10. The number of benzene rings is 1. The summed E-state index contributed by atoms with van der Waals surface area (Å²) in [4.78, 5) is 0.358. The van der Waals surface area contributed by atoms with Crippen LogP contribution in [-0.4, -0.2) is 12.7 Å². The Bertz CT molecular complexity index is 254. The molecule has 1 aromatic carbocycles. The van der Waals surface area contributed by atoms with E-state index < -0.39 is 0 Å². The summed E-state index contributed by atoms with van der Waals surface area (Å²) in [5.41, 5.74) is 1.31. The van der Waals surface area contributed by atoms with Crippen LogP contribution in [0.5, 0.6) is 0 Å². The van der Waals surface area contributed by atoms with Crippen LogP contribution in [0.4, 0.5) is 0 Å². The van der Waals surface area contributed by atoms with E-state index in [0.29, 0.717) is 10.9 Å². The van der Waals surface area contributed by atoms with Gasteiger partial charge in [0.15, 0.2) is 0 Å². The molecule has 1 aromatic rings. The Morgan fingerprint density at radius 2 is 2.08 bits per heavy atom. The van der Waals surface area contributed by atoms with Gasteiger partial charge in [-0.2, -0.15) is 0 Å². The second-order valence-electron chi connectivity index (χ2n) is 3.36. The summed E-state index contributed by atoms with van der Waals surface area (Å²) in [6.45, 7) is 0.916. The lowest BCUT2D eigenvalue weighted by Gasteiger charge is -2.16. The van der Waals surface area contributed by atoms with Crippen LogP contribution in [0.25, 0.3) is 0 Å². The van der Waals surface area contributed by atoms with Crippen LogP contribution in [0.3, 0.4) is 0 Å². The van der Waals surface area contributed by atoms with Crippen LogP contribution in [0.1, 0.15) is 23.2 Å². The highest BCUT2D eigenvalue weighted by Crippen LogP contribution is 2.33. The molecule has 0 unspecified atom stereocenters. The fourth-order valence-electron chi connectivity index (χ4n) is 1.68. The molecule has 1 fully saturated rings. The lowest BCUT2D eigenvalue weighted by atomic mass is 10.1. The number of ether oxygens (including phenoxy) is 1. The third-order valence-corrected chi connectivity index (χ3v) is 3.53. The summed E-state index contributed by atoms with van der Waals surface area (Å²) < 4.78 is 5.62. The van der Waals surface area contributed by atoms with Crippen molar-refractivity contribution in [2.45, 2.75) is 23.8 Å². The average molecular weight is 241 g/mol. The van der Waals surface area contributed by atoms with E-state index in [4.69, 9.17) is 4.74 Å². The number of alkyl halides is 1. The molecule has 1 aliphatic heterocycles. The molecule has 0 N–H and O–H groups in total. The highest BCUT2D eigenvalue weighted by Gasteiger charge is 2.24. The molecule has 0 saturated carbocycles. The molecule has 1 heterocycles. The van der Waals surface area contributed by atoms with E-state index in [1.807, 2.05) is 6.07 Å². The van der Waals surface area contributed by atoms with Crippen LogP contribution in [0.2, 0.25) is 0 Å². The van der Waals surface area contributed by atoms with E-state index >= 15 is 0 Å². The van der Waals surface area contributed by atoms with Crippen molar-refractivity contribution in [3.8, 4) is 0 Å². The molecule has 0 aromatic heterocycles. The van der Waals surface area contributed by atoms with Gasteiger partial charge in [-0.15, -0.1) is 0 Å². The molecular weight excluding hydrogens is 228 g/mol. The van der Waals surface area contributed by atoms with Crippen LogP contribution in [0, 0.1) is 0 Å².